The zero-order valence-corrected chi connectivity index (χ0v) is 15.6. The summed E-state index contributed by atoms with van der Waals surface area (Å²) in [6.07, 6.45) is 1.31. The molecule has 2 aliphatic rings. The topological polar surface area (TPSA) is 104 Å². The Morgan fingerprint density at radius 3 is 2.04 bits per heavy atom. The first kappa shape index (κ1) is 22.9. The van der Waals surface area contributed by atoms with Crippen molar-refractivity contribution in [1.29, 1.82) is 0 Å². The highest BCUT2D eigenvalue weighted by Crippen LogP contribution is 2.58. The van der Waals surface area contributed by atoms with Gasteiger partial charge >= 0.3 is 18.1 Å². The Balaban J connectivity index is 0.000000412. The van der Waals surface area contributed by atoms with Gasteiger partial charge in [-0.05, 0) is 31.1 Å². The molecule has 0 aromatic carbocycles. The van der Waals surface area contributed by atoms with Gasteiger partial charge in [-0.15, -0.1) is 0 Å². The molecule has 1 amide bonds. The lowest BCUT2D eigenvalue weighted by Crippen LogP contribution is -2.49. The Morgan fingerprint density at radius 2 is 1.62 bits per heavy atom. The van der Waals surface area contributed by atoms with Gasteiger partial charge in [0, 0.05) is 24.0 Å². The van der Waals surface area contributed by atoms with Crippen molar-refractivity contribution < 1.29 is 37.8 Å². The van der Waals surface area contributed by atoms with Crippen LogP contribution in [0.2, 0.25) is 0 Å². The van der Waals surface area contributed by atoms with E-state index in [0.717, 1.165) is 18.6 Å². The number of amides is 1. The van der Waals surface area contributed by atoms with Gasteiger partial charge in [0.15, 0.2) is 0 Å². The second kappa shape index (κ2) is 10.3. The Labute approximate surface area is 157 Å². The molecule has 0 aliphatic heterocycles. The van der Waals surface area contributed by atoms with E-state index in [0.29, 0.717) is 17.7 Å². The van der Waals surface area contributed by atoms with E-state index in [-0.39, 0.29) is 18.2 Å². The van der Waals surface area contributed by atoms with Crippen molar-refractivity contribution in [3.05, 3.63) is 0 Å². The van der Waals surface area contributed by atoms with Gasteiger partial charge in [-0.2, -0.15) is 13.2 Å². The van der Waals surface area contributed by atoms with E-state index in [1.807, 2.05) is 0 Å². The molecule has 2 fully saturated rings. The molecule has 0 unspecified atom stereocenters. The summed E-state index contributed by atoms with van der Waals surface area (Å²) < 4.78 is 31.7. The first-order valence-corrected chi connectivity index (χ1v) is 10.6. The number of carbonyl (C=O) groups is 3. The highest BCUT2D eigenvalue weighted by Gasteiger charge is 2.50. The number of hydrogen-bond donors (Lipinski definition) is 3. The summed E-state index contributed by atoms with van der Waals surface area (Å²) in [4.78, 5) is 31.0. The van der Waals surface area contributed by atoms with Crippen LogP contribution in [-0.2, 0) is 14.4 Å². The second-order valence-electron chi connectivity index (χ2n) is 6.34. The van der Waals surface area contributed by atoms with Gasteiger partial charge in [-0.25, -0.2) is 4.79 Å². The third-order valence-corrected chi connectivity index (χ3v) is 6.76. The molecule has 1 spiro atoms. The van der Waals surface area contributed by atoms with Gasteiger partial charge < -0.3 is 15.5 Å². The molecule has 3 N–H and O–H groups in total. The van der Waals surface area contributed by atoms with Crippen molar-refractivity contribution in [3.63, 3.8) is 0 Å². The van der Waals surface area contributed by atoms with Crippen LogP contribution in [-0.4, -0.2) is 52.3 Å². The van der Waals surface area contributed by atoms with Crippen molar-refractivity contribution >= 4 is 39.4 Å². The zero-order chi connectivity index (χ0) is 19.8. The summed E-state index contributed by atoms with van der Waals surface area (Å²) in [5, 5.41) is 18.6. The van der Waals surface area contributed by atoms with Crippen molar-refractivity contribution in [2.24, 2.45) is 11.3 Å². The van der Waals surface area contributed by atoms with Crippen LogP contribution in [0.15, 0.2) is 0 Å². The van der Waals surface area contributed by atoms with Crippen molar-refractivity contribution in [1.82, 2.24) is 5.32 Å². The molecule has 0 atom stereocenters. The van der Waals surface area contributed by atoms with Crippen molar-refractivity contribution in [2.75, 3.05) is 18.1 Å². The number of halogens is 3. The Hall–Kier alpha value is -1.10. The van der Waals surface area contributed by atoms with Gasteiger partial charge in [0.25, 0.3) is 0 Å². The molecule has 11 heteroatoms. The summed E-state index contributed by atoms with van der Waals surface area (Å²) in [6.45, 7) is 0.688. The van der Waals surface area contributed by atoms with Crippen LogP contribution in [0.3, 0.4) is 0 Å². The molecule has 26 heavy (non-hydrogen) atoms. The third kappa shape index (κ3) is 8.07. The summed E-state index contributed by atoms with van der Waals surface area (Å²) in [5.41, 5.74) is 0.559. The van der Waals surface area contributed by atoms with Gasteiger partial charge in [0.05, 0.1) is 6.42 Å². The molecule has 2 saturated carbocycles. The number of carbonyl (C=O) groups excluding carboxylic acids is 1. The minimum Gasteiger partial charge on any atom is -0.481 e. The lowest BCUT2D eigenvalue weighted by molar-refractivity contribution is -0.192. The molecule has 0 radical (unpaired) electrons. The lowest BCUT2D eigenvalue weighted by atomic mass is 9.51. The smallest absolute Gasteiger partial charge is 0.481 e. The van der Waals surface area contributed by atoms with E-state index in [1.54, 1.807) is 21.6 Å². The fraction of sp³-hybridized carbons (Fsp3) is 0.800. The Morgan fingerprint density at radius 1 is 1.08 bits per heavy atom. The minimum atomic E-state index is -5.08. The van der Waals surface area contributed by atoms with Gasteiger partial charge in [-0.1, -0.05) is 28.0 Å². The third-order valence-electron chi connectivity index (χ3n) is 4.35. The highest BCUT2D eigenvalue weighted by molar-refractivity contribution is 8.76. The van der Waals surface area contributed by atoms with E-state index in [4.69, 9.17) is 15.0 Å². The molecule has 0 aromatic heterocycles. The summed E-state index contributed by atoms with van der Waals surface area (Å²) in [7, 11) is 3.19. The lowest BCUT2D eigenvalue weighted by Gasteiger charge is -2.53. The fourth-order valence-corrected chi connectivity index (χ4v) is 4.75. The predicted molar refractivity (Wildman–Crippen MR) is 92.9 cm³/mol. The van der Waals surface area contributed by atoms with Crippen LogP contribution in [0.5, 0.6) is 0 Å². The van der Waals surface area contributed by atoms with Crippen LogP contribution in [0.4, 0.5) is 13.2 Å². The first-order chi connectivity index (χ1) is 12.1. The minimum absolute atomic E-state index is 0.203. The SMILES string of the molecule is O=C(O)C(F)(F)F.O=C(O)CCSSCCNC(=O)C1CC2(CCC2)C1. The van der Waals surface area contributed by atoms with E-state index in [9.17, 15) is 22.8 Å². The number of nitrogens with one attached hydrogen (secondary N) is 1. The molecule has 150 valence electrons. The van der Waals surface area contributed by atoms with E-state index in [2.05, 4.69) is 5.32 Å². The largest absolute Gasteiger partial charge is 0.490 e. The molecule has 6 nitrogen and oxygen atoms in total. The van der Waals surface area contributed by atoms with Crippen LogP contribution in [0.1, 0.15) is 38.5 Å². The quantitative estimate of drug-likeness (QED) is 0.412. The van der Waals surface area contributed by atoms with Gasteiger partial charge in [0.1, 0.15) is 0 Å². The van der Waals surface area contributed by atoms with Gasteiger partial charge in [-0.3, -0.25) is 9.59 Å². The average Bonchev–Trinajstić information content (AvgIpc) is 2.42. The molecule has 0 aromatic rings. The Bertz CT molecular complexity index is 504. The van der Waals surface area contributed by atoms with Crippen LogP contribution in [0, 0.1) is 11.3 Å². The zero-order valence-electron chi connectivity index (χ0n) is 14.0. The fourth-order valence-electron chi connectivity index (χ4n) is 2.86. The normalized spacial score (nSPS) is 18.1. The van der Waals surface area contributed by atoms with Crippen molar-refractivity contribution in [2.45, 2.75) is 44.7 Å². The number of carboxylic acid groups (broad SMARTS) is 2. The highest BCUT2D eigenvalue weighted by atomic mass is 33.1. The number of aliphatic carboxylic acids is 2. The molecule has 0 heterocycles. The summed E-state index contributed by atoms with van der Waals surface area (Å²) >= 11 is 0. The molecular formula is C15H22F3NO5S2. The molecular weight excluding hydrogens is 395 g/mol. The molecule has 2 aliphatic carbocycles. The standard InChI is InChI=1S/C13H21NO3S2.C2HF3O2/c15-11(16)2-6-18-19-7-5-14-12(17)10-8-13(9-10)3-1-4-13;3-2(4,5)1(6)7/h10H,1-9H2,(H,14,17)(H,15,16);(H,6,7). The van der Waals surface area contributed by atoms with E-state index < -0.39 is 18.1 Å². The molecule has 2 rings (SSSR count). The van der Waals surface area contributed by atoms with Crippen LogP contribution >= 0.6 is 21.6 Å². The number of hydrogen-bond acceptors (Lipinski definition) is 5. The molecule has 0 bridgehead atoms. The van der Waals surface area contributed by atoms with Gasteiger partial charge in [0.2, 0.25) is 5.91 Å². The summed E-state index contributed by atoms with van der Waals surface area (Å²) in [5.74, 6) is -1.57. The number of carboxylic acids is 2. The van der Waals surface area contributed by atoms with Crippen LogP contribution < -0.4 is 5.32 Å². The average molecular weight is 417 g/mol. The maximum Gasteiger partial charge on any atom is 0.490 e. The first-order valence-electron chi connectivity index (χ1n) is 8.10. The van der Waals surface area contributed by atoms with E-state index in [1.165, 1.54) is 19.3 Å². The maximum atomic E-state index is 11.8. The Kier molecular flexibility index (Phi) is 9.08. The van der Waals surface area contributed by atoms with E-state index >= 15 is 0 Å². The summed E-state index contributed by atoms with van der Waals surface area (Å²) in [6, 6.07) is 0. The number of alkyl halides is 3. The second-order valence-corrected chi connectivity index (χ2v) is 9.04. The van der Waals surface area contributed by atoms with Crippen molar-refractivity contribution in [3.8, 4) is 0 Å². The number of rotatable bonds is 8. The van der Waals surface area contributed by atoms with Crippen LogP contribution in [0.25, 0.3) is 0 Å². The maximum absolute atomic E-state index is 11.8. The monoisotopic (exact) mass is 417 g/mol. The predicted octanol–water partition coefficient (Wildman–Crippen LogP) is 3.17. The molecule has 0 saturated heterocycles.